The van der Waals surface area contributed by atoms with Crippen molar-refractivity contribution in [2.45, 2.75) is 33.2 Å². The molecule has 0 aliphatic rings. The van der Waals surface area contributed by atoms with Gasteiger partial charge in [0.05, 0.1) is 18.7 Å². The van der Waals surface area contributed by atoms with Gasteiger partial charge in [-0.2, -0.15) is 0 Å². The Morgan fingerprint density at radius 3 is 2.81 bits per heavy atom. The summed E-state index contributed by atoms with van der Waals surface area (Å²) in [7, 11) is 0. The number of para-hydroxylation sites is 1. The van der Waals surface area contributed by atoms with E-state index in [-0.39, 0.29) is 0 Å². The third kappa shape index (κ3) is 3.87. The summed E-state index contributed by atoms with van der Waals surface area (Å²) in [5.41, 5.74) is 3.07. The molecule has 3 rings (SSSR count). The average Bonchev–Trinajstić information content (AvgIpc) is 3.06. The number of anilines is 1. The van der Waals surface area contributed by atoms with Crippen LogP contribution in [0.15, 0.2) is 43.1 Å². The number of benzene rings is 1. The van der Waals surface area contributed by atoms with Gasteiger partial charge in [-0.15, -0.1) is 0 Å². The van der Waals surface area contributed by atoms with Crippen molar-refractivity contribution in [2.24, 2.45) is 0 Å². The first-order valence-corrected chi connectivity index (χ1v) is 9.20. The lowest BCUT2D eigenvalue weighted by Gasteiger charge is -2.14. The van der Waals surface area contributed by atoms with Gasteiger partial charge in [-0.3, -0.25) is 0 Å². The van der Waals surface area contributed by atoms with Crippen molar-refractivity contribution in [3.05, 3.63) is 54.5 Å². The van der Waals surface area contributed by atoms with Crippen LogP contribution in [-0.4, -0.2) is 27.7 Å². The van der Waals surface area contributed by atoms with Crippen molar-refractivity contribution in [1.29, 1.82) is 0 Å². The summed E-state index contributed by atoms with van der Waals surface area (Å²) < 4.78 is 7.95. The first-order chi connectivity index (χ1) is 12.8. The molecule has 2 aromatic heterocycles. The van der Waals surface area contributed by atoms with E-state index in [9.17, 15) is 0 Å². The maximum absolute atomic E-state index is 5.77. The van der Waals surface area contributed by atoms with E-state index in [1.807, 2.05) is 31.2 Å². The van der Waals surface area contributed by atoms with Crippen molar-refractivity contribution >= 4 is 22.9 Å². The first kappa shape index (κ1) is 18.0. The lowest BCUT2D eigenvalue weighted by molar-refractivity contribution is 0.336. The fourth-order valence-corrected chi connectivity index (χ4v) is 2.97. The van der Waals surface area contributed by atoms with Crippen molar-refractivity contribution in [2.75, 3.05) is 18.5 Å². The molecule has 0 saturated carbocycles. The van der Waals surface area contributed by atoms with Crippen LogP contribution in [0.4, 0.5) is 5.82 Å². The molecule has 5 heteroatoms. The van der Waals surface area contributed by atoms with Crippen molar-refractivity contribution in [1.82, 2.24) is 14.5 Å². The Morgan fingerprint density at radius 2 is 2.04 bits per heavy atom. The summed E-state index contributed by atoms with van der Waals surface area (Å²) in [6.07, 6.45) is 5.98. The standard InChI is InChI=1S/C21H26N4O/c1-4-7-13-22-21-20-17(23-19(5-2)24-21)12-14-25(20)15-16-10-8-9-11-18(16)26-6-3/h5,8-12,14H,2,4,6-7,13,15H2,1,3H3,(H,22,23,24). The Kier molecular flexibility index (Phi) is 5.89. The molecule has 0 amide bonds. The SMILES string of the molecule is C=Cc1nc(NCCCC)c2c(ccn2Cc2ccccc2OCC)n1. The number of nitrogens with one attached hydrogen (secondary N) is 1. The van der Waals surface area contributed by atoms with Crippen molar-refractivity contribution in [3.63, 3.8) is 0 Å². The molecule has 26 heavy (non-hydrogen) atoms. The zero-order chi connectivity index (χ0) is 18.4. The topological polar surface area (TPSA) is 52.0 Å². The van der Waals surface area contributed by atoms with Gasteiger partial charge < -0.3 is 14.6 Å². The van der Waals surface area contributed by atoms with Crippen LogP contribution in [0.2, 0.25) is 0 Å². The number of fused-ring (bicyclic) bond motifs is 1. The number of hydrogen-bond donors (Lipinski definition) is 1. The van der Waals surface area contributed by atoms with Crippen LogP contribution in [0.3, 0.4) is 0 Å². The number of unbranched alkanes of at least 4 members (excludes halogenated alkanes) is 1. The molecule has 0 aliphatic carbocycles. The van der Waals surface area contributed by atoms with E-state index in [2.05, 4.69) is 45.6 Å². The van der Waals surface area contributed by atoms with E-state index in [1.165, 1.54) is 0 Å². The summed E-state index contributed by atoms with van der Waals surface area (Å²) in [5, 5.41) is 3.46. The molecule has 0 atom stereocenters. The predicted octanol–water partition coefficient (Wildman–Crippen LogP) is 4.73. The molecule has 1 aromatic carbocycles. The highest BCUT2D eigenvalue weighted by molar-refractivity contribution is 5.87. The summed E-state index contributed by atoms with van der Waals surface area (Å²) in [6.45, 7) is 10.2. The Morgan fingerprint density at radius 1 is 1.19 bits per heavy atom. The summed E-state index contributed by atoms with van der Waals surface area (Å²) in [6, 6.07) is 10.2. The Hall–Kier alpha value is -2.82. The average molecular weight is 350 g/mol. The third-order valence-electron chi connectivity index (χ3n) is 4.25. The maximum atomic E-state index is 5.77. The molecular weight excluding hydrogens is 324 g/mol. The van der Waals surface area contributed by atoms with Crippen LogP contribution in [-0.2, 0) is 6.54 Å². The Bertz CT molecular complexity index is 885. The van der Waals surface area contributed by atoms with Crippen molar-refractivity contribution < 1.29 is 4.74 Å². The second-order valence-corrected chi connectivity index (χ2v) is 6.13. The van der Waals surface area contributed by atoms with Gasteiger partial charge in [0.15, 0.2) is 11.6 Å². The molecule has 0 aliphatic heterocycles. The molecule has 5 nitrogen and oxygen atoms in total. The monoisotopic (exact) mass is 350 g/mol. The van der Waals surface area contributed by atoms with Gasteiger partial charge in [-0.05, 0) is 31.6 Å². The lowest BCUT2D eigenvalue weighted by atomic mass is 10.2. The number of aromatic nitrogens is 3. The molecule has 0 saturated heterocycles. The molecule has 1 N–H and O–H groups in total. The molecule has 2 heterocycles. The van der Waals surface area contributed by atoms with Crippen LogP contribution in [0.1, 0.15) is 38.1 Å². The minimum absolute atomic E-state index is 0.643. The fourth-order valence-electron chi connectivity index (χ4n) is 2.97. The van der Waals surface area contributed by atoms with Gasteiger partial charge in [0, 0.05) is 18.3 Å². The van der Waals surface area contributed by atoms with E-state index in [0.29, 0.717) is 19.0 Å². The molecule has 0 bridgehead atoms. The fraction of sp³-hybridized carbons (Fsp3) is 0.333. The lowest BCUT2D eigenvalue weighted by Crippen LogP contribution is -2.09. The van der Waals surface area contributed by atoms with Crippen LogP contribution in [0.25, 0.3) is 17.1 Å². The Labute approximate surface area is 154 Å². The highest BCUT2D eigenvalue weighted by Gasteiger charge is 2.13. The quantitative estimate of drug-likeness (QED) is 0.567. The maximum Gasteiger partial charge on any atom is 0.154 e. The highest BCUT2D eigenvalue weighted by atomic mass is 16.5. The second kappa shape index (κ2) is 8.52. The molecule has 3 aromatic rings. The van der Waals surface area contributed by atoms with Gasteiger partial charge in [-0.25, -0.2) is 9.97 Å². The zero-order valence-electron chi connectivity index (χ0n) is 15.5. The van der Waals surface area contributed by atoms with Gasteiger partial charge in [-0.1, -0.05) is 38.1 Å². The van der Waals surface area contributed by atoms with Crippen LogP contribution in [0.5, 0.6) is 5.75 Å². The minimum atomic E-state index is 0.643. The molecule has 0 radical (unpaired) electrons. The number of ether oxygens (including phenoxy) is 1. The van der Waals surface area contributed by atoms with E-state index in [1.54, 1.807) is 6.08 Å². The largest absolute Gasteiger partial charge is 0.494 e. The van der Waals surface area contributed by atoms with Crippen LogP contribution < -0.4 is 10.1 Å². The highest BCUT2D eigenvalue weighted by Crippen LogP contribution is 2.26. The van der Waals surface area contributed by atoms with Crippen molar-refractivity contribution in [3.8, 4) is 5.75 Å². The van der Waals surface area contributed by atoms with Crippen LogP contribution in [0, 0.1) is 0 Å². The Balaban J connectivity index is 2.00. The number of hydrogen-bond acceptors (Lipinski definition) is 4. The van der Waals surface area contributed by atoms with Gasteiger partial charge in [0.1, 0.15) is 11.3 Å². The van der Waals surface area contributed by atoms with Crippen LogP contribution >= 0.6 is 0 Å². The zero-order valence-corrected chi connectivity index (χ0v) is 15.5. The van der Waals surface area contributed by atoms with Gasteiger partial charge in [0.25, 0.3) is 0 Å². The minimum Gasteiger partial charge on any atom is -0.494 e. The molecule has 0 fully saturated rings. The second-order valence-electron chi connectivity index (χ2n) is 6.13. The summed E-state index contributed by atoms with van der Waals surface area (Å²) in [4.78, 5) is 9.21. The predicted molar refractivity (Wildman–Crippen MR) is 108 cm³/mol. The summed E-state index contributed by atoms with van der Waals surface area (Å²) in [5.74, 6) is 2.42. The molecule has 0 spiro atoms. The van der Waals surface area contributed by atoms with E-state index >= 15 is 0 Å². The number of nitrogens with zero attached hydrogens (tertiary/aromatic N) is 3. The van der Waals surface area contributed by atoms with Gasteiger partial charge >= 0.3 is 0 Å². The molecule has 0 unspecified atom stereocenters. The first-order valence-electron chi connectivity index (χ1n) is 9.20. The molecular formula is C21H26N4O. The summed E-state index contributed by atoms with van der Waals surface area (Å²) >= 11 is 0. The van der Waals surface area contributed by atoms with Gasteiger partial charge in [0.2, 0.25) is 0 Å². The van der Waals surface area contributed by atoms with E-state index < -0.39 is 0 Å². The number of rotatable bonds is 9. The smallest absolute Gasteiger partial charge is 0.154 e. The van der Waals surface area contributed by atoms with E-state index in [0.717, 1.165) is 47.6 Å². The normalized spacial score (nSPS) is 10.8. The van der Waals surface area contributed by atoms with E-state index in [4.69, 9.17) is 4.74 Å². The third-order valence-corrected chi connectivity index (χ3v) is 4.25. The molecule has 136 valence electrons.